The van der Waals surface area contributed by atoms with E-state index in [2.05, 4.69) is 25.4 Å². The van der Waals surface area contributed by atoms with Crippen molar-refractivity contribution in [3.05, 3.63) is 141 Å². The molecule has 4 aromatic carbocycles. The number of pyridine rings is 1. The number of aromatic nitrogens is 1. The molecular weight excluding hydrogens is 799 g/mol. The fourth-order valence-electron chi connectivity index (χ4n) is 9.15. The monoisotopic (exact) mass is 857 g/mol. The summed E-state index contributed by atoms with van der Waals surface area (Å²) in [6.07, 6.45) is 4.38. The average molecular weight is 858 g/mol. The molecule has 4 saturated heterocycles. The Morgan fingerprint density at radius 3 is 2.38 bits per heavy atom. The van der Waals surface area contributed by atoms with E-state index in [1.54, 1.807) is 12.1 Å². The van der Waals surface area contributed by atoms with E-state index in [4.69, 9.17) is 14.2 Å². The highest BCUT2D eigenvalue weighted by atomic mass is 16.6. The normalized spacial score (nSPS) is 19.9. The van der Waals surface area contributed by atoms with Crippen LogP contribution in [0.1, 0.15) is 83.3 Å². The molecule has 4 aliphatic rings. The number of amides is 1. The van der Waals surface area contributed by atoms with Gasteiger partial charge < -0.3 is 40.0 Å². The number of aromatic amines is 1. The minimum Gasteiger partial charge on any atom is -0.506 e. The minimum absolute atomic E-state index is 0.0459. The molecule has 4 fully saturated rings. The predicted molar refractivity (Wildman–Crippen MR) is 241 cm³/mol. The number of nitrogens with zero attached hydrogens (tertiary/aromatic N) is 2. The molecule has 63 heavy (non-hydrogen) atoms. The molecule has 2 bridgehead atoms. The number of hydrogen-bond acceptors (Lipinski definition) is 11. The van der Waals surface area contributed by atoms with E-state index >= 15 is 0 Å². The maximum Gasteiger partial charge on any atom is 0.408 e. The lowest BCUT2D eigenvalue weighted by Gasteiger charge is -2.43. The fourth-order valence-corrected chi connectivity index (χ4v) is 9.15. The fraction of sp³-hybridized carbons (Fsp3) is 0.420. The van der Waals surface area contributed by atoms with Gasteiger partial charge in [0.2, 0.25) is 5.56 Å². The lowest BCUT2D eigenvalue weighted by molar-refractivity contribution is -0.0336. The van der Waals surface area contributed by atoms with Gasteiger partial charge in [-0.15, -0.1) is 0 Å². The molecule has 3 atom stereocenters. The van der Waals surface area contributed by atoms with Crippen molar-refractivity contribution in [2.75, 3.05) is 59.0 Å². The summed E-state index contributed by atoms with van der Waals surface area (Å²) in [5.41, 5.74) is 4.19. The van der Waals surface area contributed by atoms with Gasteiger partial charge in [0.1, 0.15) is 17.6 Å². The van der Waals surface area contributed by atoms with Crippen molar-refractivity contribution in [2.24, 2.45) is 11.8 Å². The number of rotatable bonds is 18. The second kappa shape index (κ2) is 21.1. The SMILES string of the molecule is O=C(NC(c1ccccc1)c1cccc(OCC2CCN(Cc3ccc(C(=O)OCCCCNC[C@H](O)c4ccc(O)c5[nH]c(=O)ccc45)cc3)CC2)c1)O[C@H]1CN2CCC1CC2. The minimum atomic E-state index is -0.828. The number of benzene rings is 4. The van der Waals surface area contributed by atoms with Crippen molar-refractivity contribution in [2.45, 2.75) is 63.3 Å². The molecule has 0 radical (unpaired) electrons. The molecule has 332 valence electrons. The van der Waals surface area contributed by atoms with Gasteiger partial charge >= 0.3 is 12.1 Å². The van der Waals surface area contributed by atoms with Gasteiger partial charge in [-0.05, 0) is 142 Å². The van der Waals surface area contributed by atoms with Crippen LogP contribution in [0.4, 0.5) is 4.79 Å². The summed E-state index contributed by atoms with van der Waals surface area (Å²) in [5.74, 6) is 1.27. The average Bonchev–Trinajstić information content (AvgIpc) is 3.31. The molecule has 4 aliphatic heterocycles. The quantitative estimate of drug-likeness (QED) is 0.0471. The number of unbranched alkanes of at least 4 members (excludes halogenated alkanes) is 1. The predicted octanol–water partition coefficient (Wildman–Crippen LogP) is 6.69. The summed E-state index contributed by atoms with van der Waals surface area (Å²) in [6, 6.07) is 31.4. The molecule has 5 heterocycles. The van der Waals surface area contributed by atoms with Gasteiger partial charge in [0.25, 0.3) is 0 Å². The maximum absolute atomic E-state index is 13.3. The van der Waals surface area contributed by atoms with Crippen LogP contribution in [-0.4, -0.2) is 102 Å². The number of aliphatic hydroxyl groups is 1. The Labute approximate surface area is 368 Å². The van der Waals surface area contributed by atoms with Crippen molar-refractivity contribution in [1.82, 2.24) is 25.4 Å². The van der Waals surface area contributed by atoms with E-state index in [1.165, 1.54) is 12.1 Å². The van der Waals surface area contributed by atoms with Crippen LogP contribution in [0.2, 0.25) is 0 Å². The summed E-state index contributed by atoms with van der Waals surface area (Å²) < 4.78 is 17.9. The van der Waals surface area contributed by atoms with E-state index in [9.17, 15) is 24.6 Å². The van der Waals surface area contributed by atoms with E-state index in [-0.39, 0.29) is 35.5 Å². The Morgan fingerprint density at radius 1 is 0.841 bits per heavy atom. The number of likely N-dealkylation sites (tertiary alicyclic amines) is 1. The largest absolute Gasteiger partial charge is 0.506 e. The van der Waals surface area contributed by atoms with Gasteiger partial charge in [-0.2, -0.15) is 0 Å². The first-order valence-corrected chi connectivity index (χ1v) is 22.4. The summed E-state index contributed by atoms with van der Waals surface area (Å²) >= 11 is 0. The summed E-state index contributed by atoms with van der Waals surface area (Å²) in [7, 11) is 0. The molecule has 13 heteroatoms. The van der Waals surface area contributed by atoms with E-state index in [1.807, 2.05) is 78.9 Å². The molecule has 0 aliphatic carbocycles. The highest BCUT2D eigenvalue weighted by Crippen LogP contribution is 2.32. The number of esters is 1. The zero-order valence-electron chi connectivity index (χ0n) is 35.8. The number of ether oxygens (including phenoxy) is 3. The lowest BCUT2D eigenvalue weighted by atomic mass is 9.86. The number of H-pyrrole nitrogens is 1. The van der Waals surface area contributed by atoms with Gasteiger partial charge in [-0.1, -0.05) is 60.7 Å². The van der Waals surface area contributed by atoms with Crippen LogP contribution in [0.15, 0.2) is 108 Å². The summed E-state index contributed by atoms with van der Waals surface area (Å²) in [6.45, 7) is 7.59. The van der Waals surface area contributed by atoms with E-state index < -0.39 is 6.10 Å². The number of phenols is 1. The van der Waals surface area contributed by atoms with Gasteiger partial charge in [0, 0.05) is 31.1 Å². The Bertz CT molecular complexity index is 2340. The number of alkyl carbamates (subject to hydrolysis) is 1. The zero-order chi connectivity index (χ0) is 43.5. The van der Waals surface area contributed by atoms with Crippen LogP contribution in [0, 0.1) is 11.8 Å². The number of aromatic hydroxyl groups is 1. The number of piperidine rings is 4. The molecule has 1 aromatic heterocycles. The smallest absolute Gasteiger partial charge is 0.408 e. The standard InChI is InChI=1S/C50H59N5O8/c56-43-17-15-41(42-16-18-46(58)52-48(42)43)44(57)30-51-23-4-5-28-61-49(59)38-13-11-34(12-14-38)31-54-24-19-35(20-25-54)33-62-40-10-6-9-39(29-40)47(37-7-2-1-3-8-37)53-50(60)63-45-32-55-26-21-36(45)22-27-55/h1-3,6-18,29,35-36,44-45,47,51,56-57H,4-5,19-28,30-33H2,(H,52,58)(H,53,60)/t44-,45-,47?/m0/s1. The Balaban J connectivity index is 0.724. The molecule has 1 unspecified atom stereocenters. The first kappa shape index (κ1) is 43.9. The van der Waals surface area contributed by atoms with Crippen molar-refractivity contribution in [3.63, 3.8) is 0 Å². The second-order valence-corrected chi connectivity index (χ2v) is 17.2. The van der Waals surface area contributed by atoms with Crippen LogP contribution in [0.5, 0.6) is 11.5 Å². The van der Waals surface area contributed by atoms with E-state index in [0.29, 0.717) is 66.6 Å². The first-order chi connectivity index (χ1) is 30.8. The molecule has 5 aromatic rings. The van der Waals surface area contributed by atoms with Crippen LogP contribution in [0.25, 0.3) is 10.9 Å². The molecule has 13 nitrogen and oxygen atoms in total. The number of aliphatic hydroxyl groups excluding tert-OH is 1. The number of hydrogen-bond donors (Lipinski definition) is 5. The van der Waals surface area contributed by atoms with Crippen molar-refractivity contribution < 1.29 is 34.0 Å². The van der Waals surface area contributed by atoms with Gasteiger partial charge in [-0.3, -0.25) is 14.6 Å². The van der Waals surface area contributed by atoms with Crippen LogP contribution >= 0.6 is 0 Å². The molecular formula is C50H59N5O8. The van der Waals surface area contributed by atoms with Gasteiger partial charge in [-0.25, -0.2) is 9.59 Å². The second-order valence-electron chi connectivity index (χ2n) is 17.2. The third-order valence-electron chi connectivity index (χ3n) is 12.8. The highest BCUT2D eigenvalue weighted by Gasteiger charge is 2.37. The summed E-state index contributed by atoms with van der Waals surface area (Å²) in [4.78, 5) is 45.1. The zero-order valence-corrected chi connectivity index (χ0v) is 35.8. The summed E-state index contributed by atoms with van der Waals surface area (Å²) in [5, 5.41) is 27.8. The topological polar surface area (TPSA) is 166 Å². The lowest BCUT2D eigenvalue weighted by Crippen LogP contribution is -2.52. The highest BCUT2D eigenvalue weighted by molar-refractivity contribution is 5.89. The Kier molecular flexibility index (Phi) is 14.7. The molecule has 0 spiro atoms. The maximum atomic E-state index is 13.3. The van der Waals surface area contributed by atoms with Crippen LogP contribution in [0.3, 0.4) is 0 Å². The number of nitrogens with one attached hydrogen (secondary N) is 3. The van der Waals surface area contributed by atoms with Crippen LogP contribution < -0.4 is 20.9 Å². The first-order valence-electron chi connectivity index (χ1n) is 22.4. The van der Waals surface area contributed by atoms with E-state index in [0.717, 1.165) is 93.8 Å². The van der Waals surface area contributed by atoms with Crippen molar-refractivity contribution in [1.29, 1.82) is 0 Å². The number of carbonyl (C=O) groups is 2. The Morgan fingerprint density at radius 2 is 1.62 bits per heavy atom. The Hall–Kier alpha value is -5.73. The number of fused-ring (bicyclic) bond motifs is 4. The molecule has 0 saturated carbocycles. The van der Waals surface area contributed by atoms with Gasteiger partial charge in [0.15, 0.2) is 0 Å². The number of phenolic OH excluding ortho intramolecular Hbond substituents is 1. The number of carbonyl (C=O) groups excluding carboxylic acids is 2. The van der Waals surface area contributed by atoms with Crippen molar-refractivity contribution in [3.8, 4) is 11.5 Å². The van der Waals surface area contributed by atoms with Gasteiger partial charge in [0.05, 0.1) is 36.4 Å². The molecule has 1 amide bonds. The van der Waals surface area contributed by atoms with Crippen molar-refractivity contribution >= 4 is 23.0 Å². The molecule has 5 N–H and O–H groups in total. The van der Waals surface area contributed by atoms with Crippen LogP contribution in [-0.2, 0) is 16.0 Å². The third-order valence-corrected chi connectivity index (χ3v) is 12.8. The third kappa shape index (κ3) is 11.7. The molecule has 9 rings (SSSR count).